The molecule has 13 aromatic rings. The average molecular weight is 875 g/mol. The molecule has 0 amide bonds. The van der Waals surface area contributed by atoms with E-state index in [-0.39, 0.29) is 5.41 Å². The van der Waals surface area contributed by atoms with Crippen LogP contribution in [0.5, 0.6) is 0 Å². The summed E-state index contributed by atoms with van der Waals surface area (Å²) in [5.74, 6) is 0. The summed E-state index contributed by atoms with van der Waals surface area (Å²) < 4.78 is 9.19. The second kappa shape index (κ2) is 13.8. The van der Waals surface area contributed by atoms with E-state index in [4.69, 9.17) is 4.42 Å². The Morgan fingerprint density at radius 3 is 1.64 bits per heavy atom. The number of furan rings is 1. The Morgan fingerprint density at radius 1 is 0.358 bits per heavy atom. The van der Waals surface area contributed by atoms with E-state index >= 15 is 0 Å². The molecule has 0 fully saturated rings. The molecule has 1 nitrogen and oxygen atoms in total. The lowest BCUT2D eigenvalue weighted by Crippen LogP contribution is -2.15. The van der Waals surface area contributed by atoms with Gasteiger partial charge in [0.15, 0.2) is 0 Å². The lowest BCUT2D eigenvalue weighted by Gasteiger charge is -2.22. The molecule has 2 heteroatoms. The zero-order valence-electron chi connectivity index (χ0n) is 38.5. The van der Waals surface area contributed by atoms with Crippen LogP contribution in [0.1, 0.15) is 47.2 Å². The summed E-state index contributed by atoms with van der Waals surface area (Å²) in [5.41, 5.74) is 19.8. The van der Waals surface area contributed by atoms with Gasteiger partial charge in [-0.15, -0.1) is 11.3 Å². The molecule has 2 aromatic heterocycles. The number of rotatable bonds is 3. The largest absolute Gasteiger partial charge is 0.456 e. The highest BCUT2D eigenvalue weighted by Gasteiger charge is 2.36. The molecule has 11 aromatic carbocycles. The van der Waals surface area contributed by atoms with E-state index in [1.165, 1.54) is 141 Å². The van der Waals surface area contributed by atoms with Crippen LogP contribution in [0.3, 0.4) is 0 Å². The van der Waals surface area contributed by atoms with Crippen molar-refractivity contribution >= 4 is 96.5 Å². The summed E-state index contributed by atoms with van der Waals surface area (Å²) in [6.45, 7) is 13.6. The maximum absolute atomic E-state index is 6.53. The Hall–Kier alpha value is -7.52. The topological polar surface area (TPSA) is 13.1 Å². The van der Waals surface area contributed by atoms with Crippen LogP contribution >= 0.6 is 11.3 Å². The molecule has 67 heavy (non-hydrogen) atoms. The first kappa shape index (κ1) is 38.7. The van der Waals surface area contributed by atoms with Crippen molar-refractivity contribution < 1.29 is 4.42 Å². The predicted molar refractivity (Wildman–Crippen MR) is 289 cm³/mol. The number of aryl methyl sites for hydroxylation is 4. The molecule has 1 aliphatic rings. The molecule has 0 unspecified atom stereocenters. The van der Waals surface area contributed by atoms with Gasteiger partial charge in [0.05, 0.1) is 0 Å². The van der Waals surface area contributed by atoms with Crippen LogP contribution in [0.25, 0.3) is 130 Å². The lowest BCUT2D eigenvalue weighted by molar-refractivity contribution is 0.661. The molecule has 0 bridgehead atoms. The first-order chi connectivity index (χ1) is 32.5. The van der Waals surface area contributed by atoms with Crippen LogP contribution in [0.15, 0.2) is 174 Å². The van der Waals surface area contributed by atoms with E-state index in [1.807, 2.05) is 11.3 Å². The van der Waals surface area contributed by atoms with Crippen molar-refractivity contribution in [2.45, 2.75) is 47.0 Å². The smallest absolute Gasteiger partial charge is 0.135 e. The van der Waals surface area contributed by atoms with Gasteiger partial charge >= 0.3 is 0 Å². The molecule has 0 aliphatic heterocycles. The fraction of sp³-hybridized carbons (Fsp3) is 0.108. The van der Waals surface area contributed by atoms with Gasteiger partial charge in [0.25, 0.3) is 0 Å². The van der Waals surface area contributed by atoms with Gasteiger partial charge in [-0.25, -0.2) is 0 Å². The fourth-order valence-corrected chi connectivity index (χ4v) is 13.0. The van der Waals surface area contributed by atoms with E-state index in [1.54, 1.807) is 0 Å². The highest BCUT2D eigenvalue weighted by Crippen LogP contribution is 2.52. The quantitative estimate of drug-likeness (QED) is 0.161. The Bertz CT molecular complexity index is 4320. The number of thiophene rings is 1. The van der Waals surface area contributed by atoms with Crippen molar-refractivity contribution in [2.24, 2.45) is 0 Å². The van der Waals surface area contributed by atoms with Crippen molar-refractivity contribution in [3.63, 3.8) is 0 Å². The highest BCUT2D eigenvalue weighted by atomic mass is 32.1. The molecular weight excluding hydrogens is 829 g/mol. The van der Waals surface area contributed by atoms with Gasteiger partial charge in [-0.1, -0.05) is 134 Å². The minimum Gasteiger partial charge on any atom is -0.456 e. The maximum atomic E-state index is 6.53. The zero-order valence-corrected chi connectivity index (χ0v) is 39.3. The molecule has 2 heterocycles. The van der Waals surface area contributed by atoms with Gasteiger partial charge in [-0.2, -0.15) is 0 Å². The summed E-state index contributed by atoms with van der Waals surface area (Å²) in [6.07, 6.45) is 0. The Labute approximate surface area is 393 Å². The number of hydrogen-bond acceptors (Lipinski definition) is 2. The molecule has 0 spiro atoms. The lowest BCUT2D eigenvalue weighted by atomic mass is 9.81. The molecule has 0 N–H and O–H groups in total. The molecular formula is C65H46OS. The average Bonchev–Trinajstić information content (AvgIpc) is 3.96. The van der Waals surface area contributed by atoms with Crippen LogP contribution in [-0.2, 0) is 5.41 Å². The van der Waals surface area contributed by atoms with Crippen molar-refractivity contribution in [1.82, 2.24) is 0 Å². The fourth-order valence-electron chi connectivity index (χ4n) is 11.9. The monoisotopic (exact) mass is 874 g/mol. The highest BCUT2D eigenvalue weighted by molar-refractivity contribution is 7.25. The second-order valence-corrected chi connectivity index (χ2v) is 21.0. The predicted octanol–water partition coefficient (Wildman–Crippen LogP) is 19.1. The van der Waals surface area contributed by atoms with Gasteiger partial charge in [0.1, 0.15) is 11.2 Å². The molecule has 14 rings (SSSR count). The van der Waals surface area contributed by atoms with Gasteiger partial charge in [0, 0.05) is 36.4 Å². The molecule has 1 aliphatic carbocycles. The summed E-state index contributed by atoms with van der Waals surface area (Å²) in [7, 11) is 0. The summed E-state index contributed by atoms with van der Waals surface area (Å²) >= 11 is 1.90. The second-order valence-electron chi connectivity index (χ2n) is 19.9. The molecule has 318 valence electrons. The normalized spacial score (nSPS) is 13.3. The van der Waals surface area contributed by atoms with Gasteiger partial charge < -0.3 is 4.42 Å². The van der Waals surface area contributed by atoms with Gasteiger partial charge in [-0.3, -0.25) is 0 Å². The first-order valence-corrected chi connectivity index (χ1v) is 24.4. The van der Waals surface area contributed by atoms with Crippen molar-refractivity contribution in [3.05, 3.63) is 203 Å². The standard InChI is InChI=1S/C65H46OS/c1-35-23-36(2)25-45(24-35)43-16-22-62-56(31-43)57-33-52-47-17-11-40(28-51(47)49-26-37(3)38(4)27-50(49)53(52)34-63(57)67-62)41-14-20-60-54(29-41)55-30-42(15-21-61(55)66-60)44-12-18-48-59(32-44)65(5,6)58-19-13-39-9-7-8-10-46(39)64(48)58/h7-34H,1-6H3. The number of hydrogen-bond donors (Lipinski definition) is 0. The van der Waals surface area contributed by atoms with E-state index in [9.17, 15) is 0 Å². The van der Waals surface area contributed by atoms with E-state index < -0.39 is 0 Å². The van der Waals surface area contributed by atoms with Crippen LogP contribution < -0.4 is 0 Å². The van der Waals surface area contributed by atoms with Crippen molar-refractivity contribution in [2.75, 3.05) is 0 Å². The molecule has 0 saturated heterocycles. The third-order valence-corrected chi connectivity index (χ3v) is 16.5. The summed E-state index contributed by atoms with van der Waals surface area (Å²) in [6, 6.07) is 64.7. The minimum atomic E-state index is -0.100. The summed E-state index contributed by atoms with van der Waals surface area (Å²) in [4.78, 5) is 0. The molecule has 0 atom stereocenters. The van der Waals surface area contributed by atoms with Crippen molar-refractivity contribution in [3.8, 4) is 44.5 Å². The Morgan fingerprint density at radius 2 is 0.910 bits per heavy atom. The van der Waals surface area contributed by atoms with Crippen molar-refractivity contribution in [1.29, 1.82) is 0 Å². The van der Waals surface area contributed by atoms with E-state index in [0.717, 1.165) is 21.9 Å². The van der Waals surface area contributed by atoms with Crippen LogP contribution in [0.2, 0.25) is 0 Å². The third-order valence-electron chi connectivity index (χ3n) is 15.4. The van der Waals surface area contributed by atoms with Gasteiger partial charge in [0.2, 0.25) is 0 Å². The minimum absolute atomic E-state index is 0.100. The number of fused-ring (bicyclic) bond motifs is 17. The Kier molecular flexibility index (Phi) is 7.95. The zero-order chi connectivity index (χ0) is 45.0. The van der Waals surface area contributed by atoms with Crippen LogP contribution in [0.4, 0.5) is 0 Å². The van der Waals surface area contributed by atoms with Crippen LogP contribution in [-0.4, -0.2) is 0 Å². The maximum Gasteiger partial charge on any atom is 0.135 e. The Balaban J connectivity index is 0.907. The third kappa shape index (κ3) is 5.66. The summed E-state index contributed by atoms with van der Waals surface area (Å²) in [5, 5.41) is 15.4. The molecule has 0 radical (unpaired) electrons. The van der Waals surface area contributed by atoms with Crippen LogP contribution in [0, 0.1) is 27.7 Å². The SMILES string of the molecule is Cc1cc(C)cc(-c2ccc3sc4cc5c6cc(C)c(C)cc6c6cc(-c7ccc8oc9ccc(-c%10ccc%11c(c%10)C(C)(C)c%10ccc%12ccccc%12c%10-%11)cc9c8c7)ccc6c5cc4c3c2)c1. The van der Waals surface area contributed by atoms with E-state index in [2.05, 4.69) is 211 Å². The van der Waals surface area contributed by atoms with E-state index in [0.29, 0.717) is 0 Å². The van der Waals surface area contributed by atoms with Gasteiger partial charge in [-0.05, 0) is 198 Å². The molecule has 0 saturated carbocycles. The number of benzene rings is 11. The first-order valence-electron chi connectivity index (χ1n) is 23.5.